The van der Waals surface area contributed by atoms with E-state index in [4.69, 9.17) is 8.83 Å². The Bertz CT molecular complexity index is 934. The number of quaternary nitrogens is 2. The van der Waals surface area contributed by atoms with Gasteiger partial charge in [0.2, 0.25) is 0 Å². The van der Waals surface area contributed by atoms with E-state index >= 15 is 0 Å². The van der Waals surface area contributed by atoms with Crippen molar-refractivity contribution in [3.05, 3.63) is 58.9 Å². The summed E-state index contributed by atoms with van der Waals surface area (Å²) in [5.41, 5.74) is 3.74. The number of rotatable bonds is 6. The topological polar surface area (TPSA) is 60.9 Å². The van der Waals surface area contributed by atoms with E-state index in [2.05, 4.69) is 48.3 Å². The lowest BCUT2D eigenvalue weighted by Gasteiger charge is -2.29. The van der Waals surface area contributed by atoms with Crippen LogP contribution in [0.1, 0.15) is 48.3 Å². The second-order valence-corrected chi connectivity index (χ2v) is 8.58. The summed E-state index contributed by atoms with van der Waals surface area (Å²) < 4.78 is 11.5. The third-order valence-corrected chi connectivity index (χ3v) is 5.90. The van der Waals surface area contributed by atoms with Gasteiger partial charge in [0.1, 0.15) is 44.2 Å². The van der Waals surface area contributed by atoms with Gasteiger partial charge in [-0.15, -0.1) is 10.2 Å². The van der Waals surface area contributed by atoms with Gasteiger partial charge in [-0.2, -0.15) is 0 Å². The van der Waals surface area contributed by atoms with Gasteiger partial charge in [-0.1, -0.05) is 38.1 Å². The molecule has 0 amide bonds. The molecule has 0 atom stereocenters. The van der Waals surface area contributed by atoms with Crippen LogP contribution in [-0.4, -0.2) is 36.4 Å². The number of hydrogen-bond donors (Lipinski definition) is 2. The quantitative estimate of drug-likeness (QED) is 0.664. The summed E-state index contributed by atoms with van der Waals surface area (Å²) in [5.74, 6) is 3.54. The molecular weight excluding hydrogens is 364 g/mol. The van der Waals surface area contributed by atoms with Crippen LogP contribution < -0.4 is 9.80 Å². The minimum atomic E-state index is 0.558. The molecule has 0 bridgehead atoms. The Balaban J connectivity index is 1.28. The second-order valence-electron chi connectivity index (χ2n) is 8.58. The normalized spacial score (nSPS) is 19.8. The number of nitrogens with zero attached hydrogens (tertiary/aromatic N) is 2. The fourth-order valence-corrected chi connectivity index (χ4v) is 4.11. The molecule has 0 unspecified atom stereocenters. The molecule has 3 aromatic rings. The van der Waals surface area contributed by atoms with Crippen LogP contribution >= 0.6 is 0 Å². The van der Waals surface area contributed by atoms with Crippen molar-refractivity contribution < 1.29 is 18.6 Å². The standard InChI is InChI=1S/C23H30N4O2/c1-16(2)20-7-5-19(6-8-20)14-26-9-11-27(12-10-26)15-22-24-25-23(29-22)21-13-17(3)28-18(21)4/h5-8,13,16H,9-12,14-15H2,1-4H3/p+2. The summed E-state index contributed by atoms with van der Waals surface area (Å²) in [7, 11) is 0. The highest BCUT2D eigenvalue weighted by Crippen LogP contribution is 2.25. The van der Waals surface area contributed by atoms with Crippen LogP contribution in [0.3, 0.4) is 0 Å². The lowest BCUT2D eigenvalue weighted by atomic mass is 10.0. The predicted octanol–water partition coefficient (Wildman–Crippen LogP) is 1.55. The van der Waals surface area contributed by atoms with E-state index in [1.807, 2.05) is 19.9 Å². The van der Waals surface area contributed by atoms with Crippen LogP contribution in [0.5, 0.6) is 0 Å². The number of hydrogen-bond acceptors (Lipinski definition) is 4. The van der Waals surface area contributed by atoms with Crippen molar-refractivity contribution in [1.29, 1.82) is 0 Å². The number of benzene rings is 1. The van der Waals surface area contributed by atoms with Crippen molar-refractivity contribution in [2.75, 3.05) is 26.2 Å². The van der Waals surface area contributed by atoms with E-state index < -0.39 is 0 Å². The maximum atomic E-state index is 5.91. The van der Waals surface area contributed by atoms with Crippen molar-refractivity contribution in [2.45, 2.75) is 46.7 Å². The molecule has 0 spiro atoms. The Morgan fingerprint density at radius 2 is 1.55 bits per heavy atom. The lowest BCUT2D eigenvalue weighted by Crippen LogP contribution is -3.27. The Kier molecular flexibility index (Phi) is 5.83. The Labute approximate surface area is 172 Å². The molecule has 4 rings (SSSR count). The number of furan rings is 1. The highest BCUT2D eigenvalue weighted by molar-refractivity contribution is 5.55. The highest BCUT2D eigenvalue weighted by Gasteiger charge is 2.25. The second kappa shape index (κ2) is 8.51. The van der Waals surface area contributed by atoms with Gasteiger partial charge in [0, 0.05) is 5.56 Å². The van der Waals surface area contributed by atoms with Crippen molar-refractivity contribution in [1.82, 2.24) is 10.2 Å². The number of aryl methyl sites for hydroxylation is 2. The molecular formula is C23H32N4O2+2. The van der Waals surface area contributed by atoms with Crippen molar-refractivity contribution >= 4 is 0 Å². The van der Waals surface area contributed by atoms with Crippen LogP contribution in [0.15, 0.2) is 39.2 Å². The molecule has 0 saturated carbocycles. The number of nitrogens with one attached hydrogen (secondary N) is 2. The van der Waals surface area contributed by atoms with Crippen LogP contribution in [0, 0.1) is 13.8 Å². The first kappa shape index (κ1) is 19.9. The maximum Gasteiger partial charge on any atom is 0.271 e. The number of aromatic nitrogens is 2. The first-order valence-corrected chi connectivity index (χ1v) is 10.6. The molecule has 6 nitrogen and oxygen atoms in total. The first-order valence-electron chi connectivity index (χ1n) is 10.6. The van der Waals surface area contributed by atoms with Crippen LogP contribution in [-0.2, 0) is 13.1 Å². The zero-order chi connectivity index (χ0) is 20.4. The van der Waals surface area contributed by atoms with Gasteiger partial charge < -0.3 is 18.6 Å². The molecule has 0 aliphatic carbocycles. The molecule has 6 heteroatoms. The monoisotopic (exact) mass is 396 g/mol. The molecule has 3 heterocycles. The Morgan fingerprint density at radius 3 is 2.14 bits per heavy atom. The molecule has 1 aliphatic rings. The highest BCUT2D eigenvalue weighted by atomic mass is 16.4. The summed E-state index contributed by atoms with van der Waals surface area (Å²) in [6.07, 6.45) is 0. The van der Waals surface area contributed by atoms with E-state index in [-0.39, 0.29) is 0 Å². The molecule has 0 radical (unpaired) electrons. The summed E-state index contributed by atoms with van der Waals surface area (Å²) in [5, 5.41) is 8.48. The summed E-state index contributed by atoms with van der Waals surface area (Å²) in [6, 6.07) is 11.1. The van der Waals surface area contributed by atoms with E-state index in [1.165, 1.54) is 29.1 Å². The summed E-state index contributed by atoms with van der Waals surface area (Å²) >= 11 is 0. The molecule has 29 heavy (non-hydrogen) atoms. The van der Waals surface area contributed by atoms with E-state index in [1.54, 1.807) is 4.90 Å². The lowest BCUT2D eigenvalue weighted by molar-refractivity contribution is -1.02. The van der Waals surface area contributed by atoms with Crippen LogP contribution in [0.25, 0.3) is 11.5 Å². The minimum Gasteiger partial charge on any atom is -0.466 e. The van der Waals surface area contributed by atoms with Crippen LogP contribution in [0.2, 0.25) is 0 Å². The molecule has 1 saturated heterocycles. The van der Waals surface area contributed by atoms with Gasteiger partial charge in [0.05, 0.1) is 5.56 Å². The maximum absolute atomic E-state index is 5.91. The average Bonchev–Trinajstić information content (AvgIpc) is 3.29. The molecule has 154 valence electrons. The first-order chi connectivity index (χ1) is 14.0. The van der Waals surface area contributed by atoms with Crippen molar-refractivity contribution in [3.8, 4) is 11.5 Å². The fourth-order valence-electron chi connectivity index (χ4n) is 4.11. The molecule has 2 N–H and O–H groups in total. The largest absolute Gasteiger partial charge is 0.466 e. The third kappa shape index (κ3) is 4.77. The molecule has 1 aromatic carbocycles. The minimum absolute atomic E-state index is 0.558. The van der Waals surface area contributed by atoms with E-state index in [0.717, 1.165) is 43.3 Å². The van der Waals surface area contributed by atoms with Gasteiger partial charge in [-0.3, -0.25) is 0 Å². The van der Waals surface area contributed by atoms with Crippen molar-refractivity contribution in [3.63, 3.8) is 0 Å². The Hall–Kier alpha value is -2.44. The van der Waals surface area contributed by atoms with Gasteiger partial charge in [-0.05, 0) is 31.4 Å². The zero-order valence-electron chi connectivity index (χ0n) is 17.9. The van der Waals surface area contributed by atoms with E-state index in [9.17, 15) is 0 Å². The van der Waals surface area contributed by atoms with Gasteiger partial charge in [-0.25, -0.2) is 0 Å². The SMILES string of the molecule is Cc1cc(-c2nnc(C[NH+]3CC[NH+](Cc4ccc(C(C)C)cc4)CC3)o2)c(C)o1. The average molecular weight is 397 g/mol. The Morgan fingerprint density at radius 1 is 0.897 bits per heavy atom. The van der Waals surface area contributed by atoms with Crippen LogP contribution in [0.4, 0.5) is 0 Å². The summed E-state index contributed by atoms with van der Waals surface area (Å²) in [6.45, 7) is 14.8. The summed E-state index contributed by atoms with van der Waals surface area (Å²) in [4.78, 5) is 3.17. The van der Waals surface area contributed by atoms with Gasteiger partial charge in [0.15, 0.2) is 6.54 Å². The third-order valence-electron chi connectivity index (χ3n) is 5.90. The fraction of sp³-hybridized carbons (Fsp3) is 0.478. The van der Waals surface area contributed by atoms with Gasteiger partial charge in [0.25, 0.3) is 11.8 Å². The molecule has 2 aromatic heterocycles. The smallest absolute Gasteiger partial charge is 0.271 e. The van der Waals surface area contributed by atoms with Gasteiger partial charge >= 0.3 is 0 Å². The molecule has 1 fully saturated rings. The predicted molar refractivity (Wildman–Crippen MR) is 111 cm³/mol. The zero-order valence-corrected chi connectivity index (χ0v) is 17.9. The van der Waals surface area contributed by atoms with E-state index in [0.29, 0.717) is 17.7 Å². The molecule has 1 aliphatic heterocycles. The van der Waals surface area contributed by atoms with Crippen molar-refractivity contribution in [2.24, 2.45) is 0 Å². The number of piperazine rings is 1.